The van der Waals surface area contributed by atoms with Crippen LogP contribution in [0, 0.1) is 0 Å². The van der Waals surface area contributed by atoms with Crippen LogP contribution in [0.1, 0.15) is 56.7 Å². The van der Waals surface area contributed by atoms with E-state index in [4.69, 9.17) is 11.6 Å². The van der Waals surface area contributed by atoms with Crippen LogP contribution >= 0.6 is 11.6 Å². The molecule has 2 amide bonds. The van der Waals surface area contributed by atoms with Gasteiger partial charge in [0.1, 0.15) is 6.04 Å². The molecule has 0 aromatic heterocycles. The Bertz CT molecular complexity index is 818. The molecule has 5 heteroatoms. The zero-order chi connectivity index (χ0) is 21.4. The maximum Gasteiger partial charge on any atom is 0.242 e. The second kappa shape index (κ2) is 11.0. The molecule has 2 rings (SSSR count). The van der Waals surface area contributed by atoms with Crippen molar-refractivity contribution in [1.82, 2.24) is 10.2 Å². The monoisotopic (exact) mass is 414 g/mol. The van der Waals surface area contributed by atoms with E-state index in [1.165, 1.54) is 5.56 Å². The maximum atomic E-state index is 13.0. The average molecular weight is 415 g/mol. The summed E-state index contributed by atoms with van der Waals surface area (Å²) in [6.07, 6.45) is 0.997. The number of aryl methyl sites for hydroxylation is 1. The van der Waals surface area contributed by atoms with Crippen molar-refractivity contribution in [3.63, 3.8) is 0 Å². The highest BCUT2D eigenvalue weighted by Crippen LogP contribution is 2.18. The smallest absolute Gasteiger partial charge is 0.242 e. The van der Waals surface area contributed by atoms with E-state index in [9.17, 15) is 9.59 Å². The van der Waals surface area contributed by atoms with E-state index in [1.54, 1.807) is 17.9 Å². The second-order valence-electron chi connectivity index (χ2n) is 7.62. The first-order valence-corrected chi connectivity index (χ1v) is 10.6. The lowest BCUT2D eigenvalue weighted by molar-refractivity contribution is -0.140. The minimum absolute atomic E-state index is 0.0448. The van der Waals surface area contributed by atoms with Gasteiger partial charge in [0.25, 0.3) is 0 Å². The van der Waals surface area contributed by atoms with E-state index in [0.717, 1.165) is 11.1 Å². The van der Waals surface area contributed by atoms with Crippen LogP contribution in [0.15, 0.2) is 48.5 Å². The number of amides is 2. The van der Waals surface area contributed by atoms with Crippen molar-refractivity contribution in [3.8, 4) is 0 Å². The molecule has 2 aromatic carbocycles. The highest BCUT2D eigenvalue weighted by Gasteiger charge is 2.25. The van der Waals surface area contributed by atoms with Crippen LogP contribution < -0.4 is 5.32 Å². The Morgan fingerprint density at radius 2 is 1.72 bits per heavy atom. The molecule has 0 bridgehead atoms. The molecule has 156 valence electrons. The first kappa shape index (κ1) is 23.0. The summed E-state index contributed by atoms with van der Waals surface area (Å²) in [7, 11) is 0. The van der Waals surface area contributed by atoms with E-state index in [2.05, 4.69) is 43.4 Å². The van der Waals surface area contributed by atoms with E-state index < -0.39 is 6.04 Å². The van der Waals surface area contributed by atoms with Gasteiger partial charge in [0.05, 0.1) is 0 Å². The van der Waals surface area contributed by atoms with Crippen LogP contribution in [0.25, 0.3) is 0 Å². The van der Waals surface area contributed by atoms with Crippen molar-refractivity contribution in [2.45, 2.75) is 59.0 Å². The summed E-state index contributed by atoms with van der Waals surface area (Å²) >= 11 is 6.09. The summed E-state index contributed by atoms with van der Waals surface area (Å²) in [6, 6.07) is 15.2. The quantitative estimate of drug-likeness (QED) is 0.631. The minimum Gasteiger partial charge on any atom is -0.355 e. The lowest BCUT2D eigenvalue weighted by Gasteiger charge is -2.29. The molecular weight excluding hydrogens is 384 g/mol. The Morgan fingerprint density at radius 3 is 2.31 bits per heavy atom. The van der Waals surface area contributed by atoms with Gasteiger partial charge in [-0.3, -0.25) is 9.59 Å². The first-order chi connectivity index (χ1) is 13.8. The Kier molecular flexibility index (Phi) is 8.71. The van der Waals surface area contributed by atoms with Crippen LogP contribution in [0.3, 0.4) is 0 Å². The van der Waals surface area contributed by atoms with Crippen LogP contribution in [-0.2, 0) is 22.6 Å². The molecule has 0 heterocycles. The number of hydrogen-bond acceptors (Lipinski definition) is 2. The predicted molar refractivity (Wildman–Crippen MR) is 119 cm³/mol. The highest BCUT2D eigenvalue weighted by atomic mass is 35.5. The summed E-state index contributed by atoms with van der Waals surface area (Å²) in [5.74, 6) is 0.289. The molecule has 0 spiro atoms. The SMILES string of the molecule is CCNC(=O)C(C)N(Cc1cccc(Cl)c1)C(=O)CCc1ccc(C(C)C)cc1. The number of nitrogens with one attached hydrogen (secondary N) is 1. The molecule has 0 aliphatic carbocycles. The van der Waals surface area contributed by atoms with Gasteiger partial charge in [-0.25, -0.2) is 0 Å². The molecular formula is C24H31ClN2O2. The predicted octanol–water partition coefficient (Wildman–Crippen LogP) is 4.95. The van der Waals surface area contributed by atoms with Crippen molar-refractivity contribution in [3.05, 3.63) is 70.2 Å². The van der Waals surface area contributed by atoms with E-state index in [-0.39, 0.29) is 11.8 Å². The van der Waals surface area contributed by atoms with Gasteiger partial charge in [0.15, 0.2) is 0 Å². The maximum absolute atomic E-state index is 13.0. The fourth-order valence-corrected chi connectivity index (χ4v) is 3.41. The van der Waals surface area contributed by atoms with Gasteiger partial charge >= 0.3 is 0 Å². The van der Waals surface area contributed by atoms with Crippen LogP contribution in [0.5, 0.6) is 0 Å². The average Bonchev–Trinajstić information content (AvgIpc) is 2.70. The number of likely N-dealkylation sites (N-methyl/N-ethyl adjacent to an activating group) is 1. The second-order valence-corrected chi connectivity index (χ2v) is 8.05. The summed E-state index contributed by atoms with van der Waals surface area (Å²) in [5, 5.41) is 3.43. The van der Waals surface area contributed by atoms with Gasteiger partial charge in [-0.2, -0.15) is 0 Å². The zero-order valence-electron chi connectivity index (χ0n) is 17.7. The molecule has 29 heavy (non-hydrogen) atoms. The van der Waals surface area contributed by atoms with Crippen molar-refractivity contribution in [2.75, 3.05) is 6.54 Å². The summed E-state index contributed by atoms with van der Waals surface area (Å²) in [5.41, 5.74) is 3.31. The molecule has 0 saturated heterocycles. The Hall–Kier alpha value is -2.33. The van der Waals surface area contributed by atoms with Gasteiger partial charge in [-0.15, -0.1) is 0 Å². The molecule has 2 aromatic rings. The lowest BCUT2D eigenvalue weighted by atomic mass is 10.00. The number of hydrogen-bond donors (Lipinski definition) is 1. The van der Waals surface area contributed by atoms with Crippen molar-refractivity contribution in [2.24, 2.45) is 0 Å². The highest BCUT2D eigenvalue weighted by molar-refractivity contribution is 6.30. The minimum atomic E-state index is -0.551. The fourth-order valence-electron chi connectivity index (χ4n) is 3.20. The Labute approximate surface area is 179 Å². The standard InChI is InChI=1S/C24H31ClN2O2/c1-5-26-24(29)18(4)27(16-20-7-6-8-22(25)15-20)23(28)14-11-19-9-12-21(13-10-19)17(2)3/h6-10,12-13,15,17-18H,5,11,14,16H2,1-4H3,(H,26,29). The lowest BCUT2D eigenvalue weighted by Crippen LogP contribution is -2.47. The van der Waals surface area contributed by atoms with E-state index >= 15 is 0 Å². The molecule has 0 saturated carbocycles. The number of nitrogens with zero attached hydrogens (tertiary/aromatic N) is 1. The van der Waals surface area contributed by atoms with E-state index in [1.807, 2.05) is 25.1 Å². The topological polar surface area (TPSA) is 49.4 Å². The number of carbonyl (C=O) groups is 2. The van der Waals surface area contributed by atoms with Gasteiger partial charge in [0.2, 0.25) is 11.8 Å². The number of halogens is 1. The molecule has 4 nitrogen and oxygen atoms in total. The Balaban J connectivity index is 2.11. The molecule has 1 atom stereocenters. The number of rotatable bonds is 9. The van der Waals surface area contributed by atoms with Crippen LogP contribution in [0.2, 0.25) is 5.02 Å². The first-order valence-electron chi connectivity index (χ1n) is 10.2. The largest absolute Gasteiger partial charge is 0.355 e. The molecule has 0 fully saturated rings. The molecule has 0 aliphatic heterocycles. The summed E-state index contributed by atoms with van der Waals surface area (Å²) in [4.78, 5) is 27.1. The fraction of sp³-hybridized carbons (Fsp3) is 0.417. The third-order valence-electron chi connectivity index (χ3n) is 5.03. The third kappa shape index (κ3) is 6.90. The molecule has 0 aliphatic rings. The molecule has 1 unspecified atom stereocenters. The van der Waals surface area contributed by atoms with Crippen LogP contribution in [-0.4, -0.2) is 29.3 Å². The molecule has 0 radical (unpaired) electrons. The van der Waals surface area contributed by atoms with Gasteiger partial charge in [-0.1, -0.05) is 61.8 Å². The number of carbonyl (C=O) groups excluding carboxylic acids is 2. The molecule has 1 N–H and O–H groups in total. The van der Waals surface area contributed by atoms with Crippen molar-refractivity contribution < 1.29 is 9.59 Å². The van der Waals surface area contributed by atoms with Gasteiger partial charge < -0.3 is 10.2 Å². The summed E-state index contributed by atoms with van der Waals surface area (Å²) < 4.78 is 0. The summed E-state index contributed by atoms with van der Waals surface area (Å²) in [6.45, 7) is 8.85. The Morgan fingerprint density at radius 1 is 1.03 bits per heavy atom. The van der Waals surface area contributed by atoms with Gasteiger partial charge in [0, 0.05) is 24.5 Å². The van der Waals surface area contributed by atoms with Gasteiger partial charge in [-0.05, 0) is 55.0 Å². The van der Waals surface area contributed by atoms with Crippen LogP contribution in [0.4, 0.5) is 0 Å². The van der Waals surface area contributed by atoms with E-state index in [0.29, 0.717) is 36.9 Å². The normalized spacial score (nSPS) is 11.9. The zero-order valence-corrected chi connectivity index (χ0v) is 18.5. The third-order valence-corrected chi connectivity index (χ3v) is 5.27. The van der Waals surface area contributed by atoms with Crippen molar-refractivity contribution in [1.29, 1.82) is 0 Å². The van der Waals surface area contributed by atoms with Crippen molar-refractivity contribution >= 4 is 23.4 Å². The number of benzene rings is 2.